The average Bonchev–Trinajstić information content (AvgIpc) is 2.86. The highest BCUT2D eigenvalue weighted by Gasteiger charge is 3.09. The summed E-state index contributed by atoms with van der Waals surface area (Å²) in [7, 11) is 0. The molecule has 4 nitrogen and oxygen atoms in total. The zero-order valence-corrected chi connectivity index (χ0v) is 18.8. The van der Waals surface area contributed by atoms with Crippen LogP contribution in [0, 0.1) is 0 Å². The molecular weight excluding hydrogens is 748 g/mol. The molecule has 0 saturated carbocycles. The first-order valence-corrected chi connectivity index (χ1v) is 9.20. The van der Waals surface area contributed by atoms with Crippen molar-refractivity contribution in [2.45, 2.75) is 79.0 Å². The van der Waals surface area contributed by atoms with Crippen molar-refractivity contribution in [1.29, 1.82) is 0 Å². The van der Waals surface area contributed by atoms with Gasteiger partial charge in [-0.2, -0.15) is 96.6 Å². The zero-order valence-electron chi connectivity index (χ0n) is 18.8. The minimum atomic E-state index is -10.1. The van der Waals surface area contributed by atoms with Gasteiger partial charge in [0.1, 0.15) is 0 Å². The molecular formula is C13F28N2O2. The van der Waals surface area contributed by atoms with E-state index in [1.807, 2.05) is 0 Å². The normalized spacial score (nSPS) is 21.9. The van der Waals surface area contributed by atoms with E-state index in [2.05, 4.69) is 0 Å². The summed E-state index contributed by atoms with van der Waals surface area (Å²) in [6, 6.07) is -18.9. The molecule has 1 heterocycles. The summed E-state index contributed by atoms with van der Waals surface area (Å²) in [5, 5.41) is 0. The molecule has 270 valence electrons. The summed E-state index contributed by atoms with van der Waals surface area (Å²) in [5.74, 6) is 0. The summed E-state index contributed by atoms with van der Waals surface area (Å²) < 4.78 is 383. The predicted octanol–water partition coefficient (Wildman–Crippen LogP) is 8.33. The molecule has 1 rings (SSSR count). The SMILES string of the molecule is FC(F)(F)OC(F)(F)C(F)(F)N1C(F)(F)N(C(F)(F)C(F)(F)OC(F)(F)F)C(C(F)(F)F)(C(F)(F)F)C1(C(F)(F)F)C(F)(F)F. The molecule has 0 aromatic rings. The van der Waals surface area contributed by atoms with Gasteiger partial charge in [0.25, 0.3) is 11.1 Å². The smallest absolute Gasteiger partial charge is 0.220 e. The van der Waals surface area contributed by atoms with Crippen molar-refractivity contribution in [1.82, 2.24) is 9.80 Å². The third-order valence-electron chi connectivity index (χ3n) is 5.12. The molecule has 0 amide bonds. The summed E-state index contributed by atoms with van der Waals surface area (Å²) in [5.41, 5.74) is -20.2. The van der Waals surface area contributed by atoms with E-state index in [1.165, 1.54) is 0 Å². The Morgan fingerprint density at radius 3 is 0.644 bits per heavy atom. The Labute approximate surface area is 222 Å². The fourth-order valence-electron chi connectivity index (χ4n) is 3.91. The first-order chi connectivity index (χ1) is 18.9. The van der Waals surface area contributed by atoms with E-state index in [4.69, 9.17) is 0 Å². The Balaban J connectivity index is 5.00. The van der Waals surface area contributed by atoms with Gasteiger partial charge < -0.3 is 0 Å². The lowest BCUT2D eigenvalue weighted by Crippen LogP contribution is -2.87. The second-order valence-corrected chi connectivity index (χ2v) is 7.80. The van der Waals surface area contributed by atoms with Crippen LogP contribution in [0.25, 0.3) is 0 Å². The van der Waals surface area contributed by atoms with Gasteiger partial charge in [-0.25, -0.2) is 9.47 Å². The molecule has 1 saturated heterocycles. The largest absolute Gasteiger partial charge is 0.527 e. The van der Waals surface area contributed by atoms with Crippen LogP contribution >= 0.6 is 0 Å². The number of ether oxygens (including phenoxy) is 2. The summed E-state index contributed by atoms with van der Waals surface area (Å²) in [4.78, 5) is -11.4. The van der Waals surface area contributed by atoms with Gasteiger partial charge in [-0.3, -0.25) is 0 Å². The van der Waals surface area contributed by atoms with Gasteiger partial charge in [0.2, 0.25) is 0 Å². The Morgan fingerprint density at radius 2 is 0.511 bits per heavy atom. The van der Waals surface area contributed by atoms with Crippen molar-refractivity contribution in [3.05, 3.63) is 0 Å². The van der Waals surface area contributed by atoms with Crippen molar-refractivity contribution in [3.63, 3.8) is 0 Å². The summed E-state index contributed by atoms with van der Waals surface area (Å²) in [6.45, 7) is 0. The van der Waals surface area contributed by atoms with Gasteiger partial charge >= 0.3 is 67.9 Å². The van der Waals surface area contributed by atoms with Crippen molar-refractivity contribution in [2.75, 3.05) is 0 Å². The Bertz CT molecular complexity index is 973. The minimum Gasteiger partial charge on any atom is -0.220 e. The van der Waals surface area contributed by atoms with Gasteiger partial charge in [-0.1, -0.05) is 0 Å². The van der Waals surface area contributed by atoms with E-state index in [0.717, 1.165) is 9.47 Å². The second kappa shape index (κ2) is 9.95. The third-order valence-corrected chi connectivity index (χ3v) is 5.12. The van der Waals surface area contributed by atoms with E-state index < -0.39 is 88.8 Å². The second-order valence-electron chi connectivity index (χ2n) is 7.80. The molecule has 0 atom stereocenters. The standard InChI is InChI=1S/C13F28N2O2/c14-3(15,16)1(4(17,18)19)2(5(20,21)22,6(23,24)25)43(8(28,29)10(32,33)45-12(37,38)39)13(40,41)42(1)7(26,27)9(30,31)44-11(34,35)36. The Morgan fingerprint density at radius 1 is 0.333 bits per heavy atom. The highest BCUT2D eigenvalue weighted by molar-refractivity contribution is 5.34. The van der Waals surface area contributed by atoms with Gasteiger partial charge in [-0.15, -0.1) is 36.1 Å². The molecule has 45 heavy (non-hydrogen) atoms. The highest BCUT2D eigenvalue weighted by atomic mass is 19.4. The molecule has 0 unspecified atom stereocenters. The van der Waals surface area contributed by atoms with Crippen LogP contribution in [0.3, 0.4) is 0 Å². The molecule has 0 radical (unpaired) electrons. The minimum absolute atomic E-state index is 0.925. The number of rotatable bonds is 6. The molecule has 32 heteroatoms. The highest BCUT2D eigenvalue weighted by Crippen LogP contribution is 2.76. The third kappa shape index (κ3) is 5.62. The quantitative estimate of drug-likeness (QED) is 0.202. The van der Waals surface area contributed by atoms with Crippen LogP contribution in [0.4, 0.5) is 123 Å². The lowest BCUT2D eigenvalue weighted by Gasteiger charge is -2.52. The van der Waals surface area contributed by atoms with Crippen LogP contribution in [-0.2, 0) is 9.47 Å². The maximum Gasteiger partial charge on any atom is 0.527 e. The van der Waals surface area contributed by atoms with E-state index in [-0.39, 0.29) is 0 Å². The zero-order chi connectivity index (χ0) is 37.1. The fourth-order valence-corrected chi connectivity index (χ4v) is 3.91. The van der Waals surface area contributed by atoms with Crippen LogP contribution in [-0.4, -0.2) is 88.8 Å². The monoisotopic (exact) mass is 748 g/mol. The van der Waals surface area contributed by atoms with E-state index >= 15 is 0 Å². The fraction of sp³-hybridized carbons (Fsp3) is 1.00. The van der Waals surface area contributed by atoms with Crippen LogP contribution in [0.1, 0.15) is 0 Å². The van der Waals surface area contributed by atoms with Crippen LogP contribution in [0.2, 0.25) is 0 Å². The molecule has 0 spiro atoms. The van der Waals surface area contributed by atoms with Gasteiger partial charge in [-0.05, 0) is 0 Å². The molecule has 1 aliphatic heterocycles. The van der Waals surface area contributed by atoms with Crippen molar-refractivity contribution in [3.8, 4) is 0 Å². The molecule has 1 aliphatic rings. The Hall–Kier alpha value is -2.12. The predicted molar refractivity (Wildman–Crippen MR) is 72.4 cm³/mol. The number of alkyl halides is 28. The van der Waals surface area contributed by atoms with Crippen LogP contribution in [0.15, 0.2) is 0 Å². The maximum absolute atomic E-state index is 14.9. The first kappa shape index (κ1) is 40.9. The van der Waals surface area contributed by atoms with E-state index in [9.17, 15) is 123 Å². The van der Waals surface area contributed by atoms with Crippen molar-refractivity contribution in [2.24, 2.45) is 0 Å². The molecule has 1 fully saturated rings. The molecule has 0 aromatic carbocycles. The maximum atomic E-state index is 14.9. The first-order valence-electron chi connectivity index (χ1n) is 9.20. The van der Waals surface area contributed by atoms with Crippen molar-refractivity contribution < 1.29 is 132 Å². The topological polar surface area (TPSA) is 24.9 Å². The van der Waals surface area contributed by atoms with Crippen LogP contribution < -0.4 is 0 Å². The lowest BCUT2D eigenvalue weighted by atomic mass is 9.72. The number of hydrogen-bond acceptors (Lipinski definition) is 4. The molecule has 0 N–H and O–H groups in total. The Kier molecular flexibility index (Phi) is 9.04. The molecule has 0 aliphatic carbocycles. The number of hydrogen-bond donors (Lipinski definition) is 0. The molecule has 0 aromatic heterocycles. The van der Waals surface area contributed by atoms with Crippen LogP contribution in [0.5, 0.6) is 0 Å². The van der Waals surface area contributed by atoms with Gasteiger partial charge in [0, 0.05) is 0 Å². The number of halogens is 28. The van der Waals surface area contributed by atoms with Crippen molar-refractivity contribution >= 4 is 0 Å². The average molecular weight is 748 g/mol. The van der Waals surface area contributed by atoms with E-state index in [0.29, 0.717) is 0 Å². The van der Waals surface area contributed by atoms with E-state index in [1.54, 1.807) is 0 Å². The number of nitrogens with zero attached hydrogens (tertiary/aromatic N) is 2. The summed E-state index contributed by atoms with van der Waals surface area (Å²) >= 11 is 0. The van der Waals surface area contributed by atoms with Gasteiger partial charge in [0.05, 0.1) is 0 Å². The summed E-state index contributed by atoms with van der Waals surface area (Å²) in [6.07, 6.45) is -80.9. The lowest BCUT2D eigenvalue weighted by molar-refractivity contribution is -0.525. The molecule has 0 bridgehead atoms. The van der Waals surface area contributed by atoms with Gasteiger partial charge in [0.15, 0.2) is 0 Å².